The molecule has 2 aromatic heterocycles. The molecule has 38 heavy (non-hydrogen) atoms. The average molecular weight is 547 g/mol. The molecule has 1 N–H and O–H groups in total. The number of carboxylic acid groups (broad SMARTS) is 1. The first kappa shape index (κ1) is 24.3. The topological polar surface area (TPSA) is 94.7 Å². The lowest BCUT2D eigenvalue weighted by molar-refractivity contribution is 0.0689. The van der Waals surface area contributed by atoms with Crippen LogP contribution >= 0.6 is 23.2 Å². The Morgan fingerprint density at radius 2 is 1.63 bits per heavy atom. The maximum absolute atomic E-state index is 11.2. The van der Waals surface area contributed by atoms with Gasteiger partial charge in [-0.3, -0.25) is 0 Å². The lowest BCUT2D eigenvalue weighted by atomic mass is 10.0. The second-order valence-corrected chi connectivity index (χ2v) is 9.79. The summed E-state index contributed by atoms with van der Waals surface area (Å²) < 4.78 is 17.7. The maximum atomic E-state index is 11.2. The van der Waals surface area contributed by atoms with E-state index in [4.69, 9.17) is 42.3 Å². The van der Waals surface area contributed by atoms with Gasteiger partial charge < -0.3 is 19.1 Å². The lowest BCUT2D eigenvalue weighted by Crippen LogP contribution is -2.00. The van der Waals surface area contributed by atoms with Crippen LogP contribution in [-0.2, 0) is 6.61 Å². The number of halogens is 2. The molecular weight excluding hydrogens is 527 g/mol. The van der Waals surface area contributed by atoms with E-state index in [2.05, 4.69) is 10.1 Å². The highest BCUT2D eigenvalue weighted by atomic mass is 35.5. The predicted molar refractivity (Wildman–Crippen MR) is 143 cm³/mol. The quantitative estimate of drug-likeness (QED) is 0.210. The first-order valence-corrected chi connectivity index (χ1v) is 12.7. The molecule has 0 bridgehead atoms. The Labute approximate surface area is 227 Å². The molecule has 0 radical (unpaired) electrons. The Hall–Kier alpha value is -4.07. The van der Waals surface area contributed by atoms with Crippen molar-refractivity contribution < 1.29 is 23.9 Å². The number of rotatable bonds is 8. The van der Waals surface area contributed by atoms with Crippen LogP contribution in [0.2, 0.25) is 10.0 Å². The van der Waals surface area contributed by atoms with Crippen molar-refractivity contribution in [3.05, 3.63) is 99.9 Å². The Bertz CT molecular complexity index is 1660. The number of carboxylic acids is 1. The minimum atomic E-state index is -1.11. The van der Waals surface area contributed by atoms with Gasteiger partial charge in [-0.2, -0.15) is 0 Å². The first-order valence-electron chi connectivity index (χ1n) is 11.9. The fourth-order valence-electron chi connectivity index (χ4n) is 4.27. The van der Waals surface area contributed by atoms with Crippen LogP contribution in [0.4, 0.5) is 0 Å². The molecule has 2 heterocycles. The molecule has 0 spiro atoms. The average Bonchev–Trinajstić information content (AvgIpc) is 3.67. The van der Waals surface area contributed by atoms with Crippen molar-refractivity contribution in [2.75, 3.05) is 0 Å². The molecule has 0 unspecified atom stereocenters. The number of benzene rings is 3. The summed E-state index contributed by atoms with van der Waals surface area (Å²) in [5.74, 6) is 1.47. The normalized spacial score (nSPS) is 13.0. The van der Waals surface area contributed by atoms with Crippen molar-refractivity contribution >= 4 is 39.9 Å². The van der Waals surface area contributed by atoms with Crippen LogP contribution in [0.1, 0.15) is 40.6 Å². The van der Waals surface area contributed by atoms with E-state index in [9.17, 15) is 4.79 Å². The van der Waals surface area contributed by atoms with Crippen molar-refractivity contribution in [2.24, 2.45) is 0 Å². The fraction of sp³-hybridized carbons (Fsp3) is 0.138. The number of hydrogen-bond donors (Lipinski definition) is 1. The van der Waals surface area contributed by atoms with Crippen molar-refractivity contribution in [2.45, 2.75) is 25.4 Å². The van der Waals surface area contributed by atoms with E-state index in [1.807, 2.05) is 30.3 Å². The second-order valence-electron chi connectivity index (χ2n) is 8.97. The van der Waals surface area contributed by atoms with Crippen molar-refractivity contribution in [3.8, 4) is 28.6 Å². The number of aromatic nitrogens is 2. The molecule has 3 aromatic carbocycles. The van der Waals surface area contributed by atoms with Crippen LogP contribution in [0, 0.1) is 0 Å². The van der Waals surface area contributed by atoms with Gasteiger partial charge in [0.05, 0.1) is 15.6 Å². The molecule has 9 heteroatoms. The van der Waals surface area contributed by atoms with Gasteiger partial charge in [0, 0.05) is 17.5 Å². The number of aromatic carboxylic acids is 1. The Morgan fingerprint density at radius 3 is 2.34 bits per heavy atom. The monoisotopic (exact) mass is 546 g/mol. The molecule has 1 aliphatic carbocycles. The summed E-state index contributed by atoms with van der Waals surface area (Å²) in [4.78, 5) is 15.2. The number of nitrogens with zero attached hydrogens (tertiary/aromatic N) is 2. The van der Waals surface area contributed by atoms with E-state index in [1.54, 1.807) is 36.4 Å². The van der Waals surface area contributed by atoms with Gasteiger partial charge in [-0.15, -0.1) is 0 Å². The highest BCUT2D eigenvalue weighted by molar-refractivity contribution is 6.39. The number of pyridine rings is 1. The standard InChI is InChI=1S/C29H20Cl2N2O5/c30-22-3-1-4-23(31)26(22)27-21(28(38-33-27)16-7-8-16)15-36-19-11-9-18-14-20(12-10-17(18)13-19)37-25-6-2-5-24(32-25)29(34)35/h1-6,9-14,16H,7-8,15H2,(H,34,35). The predicted octanol–water partition coefficient (Wildman–Crippen LogP) is 8.14. The second kappa shape index (κ2) is 10.0. The molecule has 0 saturated heterocycles. The Kier molecular flexibility index (Phi) is 6.39. The summed E-state index contributed by atoms with van der Waals surface area (Å²) in [5, 5.41) is 16.3. The van der Waals surface area contributed by atoms with E-state index in [1.165, 1.54) is 6.07 Å². The van der Waals surface area contributed by atoms with Crippen LogP contribution in [0.15, 0.2) is 77.3 Å². The third-order valence-electron chi connectivity index (χ3n) is 6.30. The summed E-state index contributed by atoms with van der Waals surface area (Å²) in [5.41, 5.74) is 2.01. The fourth-order valence-corrected chi connectivity index (χ4v) is 4.85. The molecule has 5 aromatic rings. The van der Waals surface area contributed by atoms with Crippen LogP contribution < -0.4 is 9.47 Å². The van der Waals surface area contributed by atoms with Gasteiger partial charge >= 0.3 is 5.97 Å². The Morgan fingerprint density at radius 1 is 0.947 bits per heavy atom. The molecule has 1 fully saturated rings. The van der Waals surface area contributed by atoms with Crippen molar-refractivity contribution in [3.63, 3.8) is 0 Å². The minimum absolute atomic E-state index is 0.0808. The SMILES string of the molecule is O=C(O)c1cccc(Oc2ccc3cc(OCc4c(-c5c(Cl)cccc5Cl)noc4C4CC4)ccc3c2)n1. The molecule has 1 aliphatic rings. The number of ether oxygens (including phenoxy) is 2. The molecule has 0 aliphatic heterocycles. The highest BCUT2D eigenvalue weighted by Crippen LogP contribution is 2.46. The summed E-state index contributed by atoms with van der Waals surface area (Å²) in [6, 6.07) is 21.3. The van der Waals surface area contributed by atoms with E-state index in [-0.39, 0.29) is 18.2 Å². The van der Waals surface area contributed by atoms with Crippen LogP contribution in [-0.4, -0.2) is 21.2 Å². The van der Waals surface area contributed by atoms with E-state index in [0.717, 1.165) is 34.9 Å². The third-order valence-corrected chi connectivity index (χ3v) is 6.93. The largest absolute Gasteiger partial charge is 0.489 e. The zero-order valence-electron chi connectivity index (χ0n) is 19.9. The molecular formula is C29H20Cl2N2O5. The minimum Gasteiger partial charge on any atom is -0.489 e. The molecule has 1 saturated carbocycles. The van der Waals surface area contributed by atoms with Gasteiger partial charge in [-0.05, 0) is 66.1 Å². The van der Waals surface area contributed by atoms with Crippen LogP contribution in [0.3, 0.4) is 0 Å². The van der Waals surface area contributed by atoms with Gasteiger partial charge in [0.25, 0.3) is 0 Å². The Balaban J connectivity index is 1.23. The smallest absolute Gasteiger partial charge is 0.354 e. The molecule has 190 valence electrons. The van der Waals surface area contributed by atoms with Crippen molar-refractivity contribution in [1.82, 2.24) is 10.1 Å². The molecule has 6 rings (SSSR count). The van der Waals surface area contributed by atoms with Gasteiger partial charge in [-0.1, -0.05) is 52.6 Å². The van der Waals surface area contributed by atoms with Crippen LogP contribution in [0.25, 0.3) is 22.0 Å². The molecule has 0 amide bonds. The molecule has 7 nitrogen and oxygen atoms in total. The number of carbonyl (C=O) groups is 1. The number of hydrogen-bond acceptors (Lipinski definition) is 6. The summed E-state index contributed by atoms with van der Waals surface area (Å²) >= 11 is 12.9. The van der Waals surface area contributed by atoms with Gasteiger partial charge in [0.1, 0.15) is 29.6 Å². The van der Waals surface area contributed by atoms with Crippen LogP contribution in [0.5, 0.6) is 17.4 Å². The lowest BCUT2D eigenvalue weighted by Gasteiger charge is -2.11. The number of fused-ring (bicyclic) bond motifs is 1. The first-order chi connectivity index (χ1) is 18.5. The third kappa shape index (κ3) is 4.90. The highest BCUT2D eigenvalue weighted by Gasteiger charge is 2.33. The van der Waals surface area contributed by atoms with Crippen molar-refractivity contribution in [1.29, 1.82) is 0 Å². The van der Waals surface area contributed by atoms with E-state index in [0.29, 0.717) is 38.7 Å². The van der Waals surface area contributed by atoms with E-state index >= 15 is 0 Å². The van der Waals surface area contributed by atoms with Gasteiger partial charge in [0.2, 0.25) is 5.88 Å². The zero-order chi connectivity index (χ0) is 26.2. The van der Waals surface area contributed by atoms with E-state index < -0.39 is 5.97 Å². The zero-order valence-corrected chi connectivity index (χ0v) is 21.4. The summed E-state index contributed by atoms with van der Waals surface area (Å²) in [6.45, 7) is 0.254. The summed E-state index contributed by atoms with van der Waals surface area (Å²) in [7, 11) is 0. The maximum Gasteiger partial charge on any atom is 0.354 e. The van der Waals surface area contributed by atoms with Gasteiger partial charge in [0.15, 0.2) is 5.69 Å². The van der Waals surface area contributed by atoms with Gasteiger partial charge in [-0.25, -0.2) is 9.78 Å². The summed E-state index contributed by atoms with van der Waals surface area (Å²) in [6.07, 6.45) is 2.10. The molecule has 0 atom stereocenters.